The van der Waals surface area contributed by atoms with E-state index < -0.39 is 0 Å². The first-order chi connectivity index (χ1) is 11.2. The first-order valence-corrected chi connectivity index (χ1v) is 8.73. The van der Waals surface area contributed by atoms with Gasteiger partial charge in [-0.1, -0.05) is 42.0 Å². The fourth-order valence-corrected chi connectivity index (χ4v) is 4.02. The van der Waals surface area contributed by atoms with Gasteiger partial charge in [-0.2, -0.15) is 0 Å². The lowest BCUT2D eigenvalue weighted by atomic mass is 9.90. The van der Waals surface area contributed by atoms with Gasteiger partial charge in [0.15, 0.2) is 0 Å². The van der Waals surface area contributed by atoms with Gasteiger partial charge in [-0.3, -0.25) is 0 Å². The van der Waals surface area contributed by atoms with Crippen LogP contribution in [0.1, 0.15) is 54.2 Å². The van der Waals surface area contributed by atoms with Gasteiger partial charge in [0, 0.05) is 22.9 Å². The number of rotatable bonds is 3. The van der Waals surface area contributed by atoms with Crippen LogP contribution in [0.3, 0.4) is 0 Å². The molecule has 0 spiro atoms. The third kappa shape index (κ3) is 2.68. The second-order valence-electron chi connectivity index (χ2n) is 6.96. The minimum atomic E-state index is 0.486. The molecule has 0 bridgehead atoms. The summed E-state index contributed by atoms with van der Waals surface area (Å²) in [5, 5.41) is 3.97. The zero-order valence-electron chi connectivity index (χ0n) is 14.0. The molecule has 1 aromatic heterocycles. The fourth-order valence-electron chi connectivity index (χ4n) is 4.02. The minimum absolute atomic E-state index is 0.486. The molecule has 1 heterocycles. The highest BCUT2D eigenvalue weighted by Gasteiger charge is 2.28. The molecule has 2 nitrogen and oxygen atoms in total. The maximum Gasteiger partial charge on any atom is 0.127 e. The average molecular weight is 305 g/mol. The summed E-state index contributed by atoms with van der Waals surface area (Å²) in [4.78, 5) is 3.72. The Morgan fingerprint density at radius 2 is 1.96 bits per heavy atom. The number of aryl methyl sites for hydroxylation is 2. The molecule has 4 rings (SSSR count). The van der Waals surface area contributed by atoms with E-state index in [2.05, 4.69) is 72.7 Å². The Balaban J connectivity index is 1.66. The maximum absolute atomic E-state index is 3.72. The second kappa shape index (κ2) is 5.86. The summed E-state index contributed by atoms with van der Waals surface area (Å²) in [6.07, 6.45) is 3.76. The summed E-state index contributed by atoms with van der Waals surface area (Å²) in [7, 11) is 0. The Bertz CT molecular complexity index is 816. The monoisotopic (exact) mass is 305 g/mol. The molecule has 1 aliphatic carbocycles. The van der Waals surface area contributed by atoms with E-state index in [0.717, 1.165) is 0 Å². The Morgan fingerprint density at radius 3 is 2.78 bits per heavy atom. The highest BCUT2D eigenvalue weighted by molar-refractivity contribution is 5.85. The average Bonchev–Trinajstić information content (AvgIpc) is 2.95. The van der Waals surface area contributed by atoms with Crippen LogP contribution in [0.15, 0.2) is 48.5 Å². The summed E-state index contributed by atoms with van der Waals surface area (Å²) in [5.74, 6) is 0. The lowest BCUT2D eigenvalue weighted by Crippen LogP contribution is -2.86. The van der Waals surface area contributed by atoms with Crippen molar-refractivity contribution in [1.82, 2.24) is 4.98 Å². The number of hydrogen-bond acceptors (Lipinski definition) is 0. The predicted molar refractivity (Wildman–Crippen MR) is 95.5 cm³/mol. The Labute approximate surface area is 137 Å². The van der Waals surface area contributed by atoms with E-state index in [9.17, 15) is 0 Å². The molecular weight excluding hydrogens is 280 g/mol. The van der Waals surface area contributed by atoms with E-state index in [0.29, 0.717) is 12.1 Å². The maximum atomic E-state index is 3.72. The fraction of sp³-hybridized carbons (Fsp3) is 0.333. The van der Waals surface area contributed by atoms with Crippen molar-refractivity contribution in [2.75, 3.05) is 0 Å². The molecule has 1 aliphatic rings. The Kier molecular flexibility index (Phi) is 3.70. The van der Waals surface area contributed by atoms with Crippen molar-refractivity contribution in [1.29, 1.82) is 0 Å². The van der Waals surface area contributed by atoms with E-state index in [1.165, 1.54) is 47.0 Å². The lowest BCUT2D eigenvalue weighted by molar-refractivity contribution is -0.733. The molecule has 0 saturated heterocycles. The van der Waals surface area contributed by atoms with Crippen LogP contribution < -0.4 is 5.32 Å². The largest absolute Gasteiger partial charge is 0.353 e. The first kappa shape index (κ1) is 14.5. The van der Waals surface area contributed by atoms with Gasteiger partial charge in [0.25, 0.3) is 0 Å². The second-order valence-corrected chi connectivity index (χ2v) is 6.96. The molecule has 0 amide bonds. The lowest BCUT2D eigenvalue weighted by Gasteiger charge is -2.24. The van der Waals surface area contributed by atoms with Crippen LogP contribution in [0.5, 0.6) is 0 Å². The molecule has 0 radical (unpaired) electrons. The van der Waals surface area contributed by atoms with Crippen LogP contribution in [0.25, 0.3) is 10.9 Å². The third-order valence-electron chi connectivity index (χ3n) is 5.25. The number of nitrogens with one attached hydrogen (secondary N) is 1. The number of hydrogen-bond donors (Lipinski definition) is 2. The van der Waals surface area contributed by atoms with Crippen LogP contribution in [-0.4, -0.2) is 4.98 Å². The zero-order chi connectivity index (χ0) is 15.8. The van der Waals surface area contributed by atoms with Crippen molar-refractivity contribution in [3.63, 3.8) is 0 Å². The molecule has 0 aliphatic heterocycles. The molecule has 23 heavy (non-hydrogen) atoms. The van der Waals surface area contributed by atoms with Crippen LogP contribution in [0.4, 0.5) is 0 Å². The molecule has 0 unspecified atom stereocenters. The highest BCUT2D eigenvalue weighted by Crippen LogP contribution is 2.33. The summed E-state index contributed by atoms with van der Waals surface area (Å²) >= 11 is 0. The van der Waals surface area contributed by atoms with Gasteiger partial charge >= 0.3 is 0 Å². The van der Waals surface area contributed by atoms with Crippen molar-refractivity contribution in [3.8, 4) is 0 Å². The summed E-state index contributed by atoms with van der Waals surface area (Å²) in [5.41, 5.74) is 7.07. The molecule has 2 atom stereocenters. The van der Waals surface area contributed by atoms with E-state index in [1.807, 2.05) is 0 Å². The molecule has 3 aromatic rings. The van der Waals surface area contributed by atoms with Crippen molar-refractivity contribution in [3.05, 3.63) is 70.9 Å². The van der Waals surface area contributed by atoms with Crippen molar-refractivity contribution < 1.29 is 5.32 Å². The van der Waals surface area contributed by atoms with Crippen LogP contribution in [0.2, 0.25) is 0 Å². The standard InChI is InChI=1S/C21H24N2/c1-14-11-12-19-18(13-14)17-9-6-10-20(21(17)23-19)22-15(2)16-7-4-3-5-8-16/h3-5,7-8,11-13,15,20,22-23H,6,9-10H2,1-2H3/p+1/t15-,20+/m1/s1. The predicted octanol–water partition coefficient (Wildman–Crippen LogP) is 4.18. The van der Waals surface area contributed by atoms with E-state index in [4.69, 9.17) is 0 Å². The van der Waals surface area contributed by atoms with E-state index in [1.54, 1.807) is 5.56 Å². The summed E-state index contributed by atoms with van der Waals surface area (Å²) < 4.78 is 0. The van der Waals surface area contributed by atoms with Crippen molar-refractivity contribution >= 4 is 10.9 Å². The molecule has 2 aromatic carbocycles. The van der Waals surface area contributed by atoms with Crippen molar-refractivity contribution in [2.24, 2.45) is 0 Å². The summed E-state index contributed by atoms with van der Waals surface area (Å²) in [6, 6.07) is 18.6. The smallest absolute Gasteiger partial charge is 0.127 e. The highest BCUT2D eigenvalue weighted by atomic mass is 15.0. The number of aromatic nitrogens is 1. The van der Waals surface area contributed by atoms with Gasteiger partial charge in [-0.05, 0) is 44.4 Å². The third-order valence-corrected chi connectivity index (χ3v) is 5.25. The van der Waals surface area contributed by atoms with Gasteiger partial charge in [0.2, 0.25) is 0 Å². The normalized spacial score (nSPS) is 18.8. The molecule has 118 valence electrons. The van der Waals surface area contributed by atoms with Crippen LogP contribution in [0, 0.1) is 6.92 Å². The van der Waals surface area contributed by atoms with Gasteiger partial charge < -0.3 is 10.3 Å². The van der Waals surface area contributed by atoms with Crippen LogP contribution in [-0.2, 0) is 6.42 Å². The van der Waals surface area contributed by atoms with Gasteiger partial charge in [-0.25, -0.2) is 0 Å². The first-order valence-electron chi connectivity index (χ1n) is 8.73. The number of H-pyrrole nitrogens is 1. The number of aromatic amines is 1. The van der Waals surface area contributed by atoms with E-state index >= 15 is 0 Å². The minimum Gasteiger partial charge on any atom is -0.353 e. The number of quaternary nitrogens is 1. The van der Waals surface area contributed by atoms with Gasteiger partial charge in [0.05, 0.1) is 5.69 Å². The molecule has 2 heteroatoms. The number of fused-ring (bicyclic) bond motifs is 3. The topological polar surface area (TPSA) is 32.4 Å². The Morgan fingerprint density at radius 1 is 1.13 bits per heavy atom. The molecular formula is C21H25N2+. The molecule has 0 fully saturated rings. The van der Waals surface area contributed by atoms with Gasteiger partial charge in [-0.15, -0.1) is 0 Å². The quantitative estimate of drug-likeness (QED) is 0.728. The summed E-state index contributed by atoms with van der Waals surface area (Å²) in [6.45, 7) is 4.50. The van der Waals surface area contributed by atoms with Gasteiger partial charge in [0.1, 0.15) is 12.1 Å². The Hall–Kier alpha value is -2.06. The SMILES string of the molecule is Cc1ccc2[nH]c3c(c2c1)CCC[C@@H]3[NH2+][C@H](C)c1ccccc1. The van der Waals surface area contributed by atoms with E-state index in [-0.39, 0.29) is 0 Å². The van der Waals surface area contributed by atoms with Crippen molar-refractivity contribution in [2.45, 2.75) is 45.2 Å². The molecule has 3 N–H and O–H groups in total. The number of benzene rings is 2. The van der Waals surface area contributed by atoms with Crippen LogP contribution >= 0.6 is 0 Å². The molecule has 0 saturated carbocycles. The zero-order valence-corrected chi connectivity index (χ0v) is 14.0. The number of nitrogens with two attached hydrogens (primary N) is 1.